The monoisotopic (exact) mass is 426 g/mol. The highest BCUT2D eigenvalue weighted by atomic mass is 32.2. The fourth-order valence-electron chi connectivity index (χ4n) is 3.61. The van der Waals surface area contributed by atoms with Crippen molar-refractivity contribution >= 4 is 21.4 Å². The fourth-order valence-corrected chi connectivity index (χ4v) is 4.41. The van der Waals surface area contributed by atoms with Gasteiger partial charge in [-0.05, 0) is 48.2 Å². The van der Waals surface area contributed by atoms with Crippen molar-refractivity contribution < 1.29 is 13.2 Å². The van der Waals surface area contributed by atoms with E-state index >= 15 is 0 Å². The molecule has 30 heavy (non-hydrogen) atoms. The van der Waals surface area contributed by atoms with Crippen molar-refractivity contribution in [3.05, 3.63) is 48.0 Å². The van der Waals surface area contributed by atoms with Gasteiger partial charge in [0, 0.05) is 12.7 Å². The summed E-state index contributed by atoms with van der Waals surface area (Å²) < 4.78 is 23.4. The molecule has 0 spiro atoms. The molecule has 7 nitrogen and oxygen atoms in total. The van der Waals surface area contributed by atoms with Crippen molar-refractivity contribution in [3.63, 3.8) is 0 Å². The van der Waals surface area contributed by atoms with Crippen LogP contribution in [0.2, 0.25) is 0 Å². The Balaban J connectivity index is 1.67. The highest BCUT2D eigenvalue weighted by Crippen LogP contribution is 2.27. The quantitative estimate of drug-likeness (QED) is 0.607. The SMILES string of the molecule is CS(=O)(=O)c1ccc(-c2ccc(C[C@@H](C#N)NC(=O)[C@@H]3CCCCN3)cc2)cc1N. The van der Waals surface area contributed by atoms with Crippen LogP contribution in [0, 0.1) is 11.3 Å². The molecule has 158 valence electrons. The van der Waals surface area contributed by atoms with E-state index < -0.39 is 15.9 Å². The van der Waals surface area contributed by atoms with Gasteiger partial charge >= 0.3 is 0 Å². The van der Waals surface area contributed by atoms with Crippen molar-refractivity contribution in [2.75, 3.05) is 18.5 Å². The van der Waals surface area contributed by atoms with Gasteiger partial charge in [-0.1, -0.05) is 36.8 Å². The lowest BCUT2D eigenvalue weighted by molar-refractivity contribution is -0.124. The maximum Gasteiger partial charge on any atom is 0.238 e. The van der Waals surface area contributed by atoms with Crippen LogP contribution in [-0.4, -0.2) is 39.2 Å². The molecule has 0 aromatic heterocycles. The first-order chi connectivity index (χ1) is 14.3. The van der Waals surface area contributed by atoms with E-state index in [1.807, 2.05) is 24.3 Å². The van der Waals surface area contributed by atoms with Gasteiger partial charge in [0.1, 0.15) is 6.04 Å². The lowest BCUT2D eigenvalue weighted by Gasteiger charge is -2.23. The highest BCUT2D eigenvalue weighted by Gasteiger charge is 2.23. The second-order valence-electron chi connectivity index (χ2n) is 7.62. The average molecular weight is 427 g/mol. The first-order valence-electron chi connectivity index (χ1n) is 9.90. The molecule has 1 saturated heterocycles. The van der Waals surface area contributed by atoms with Gasteiger partial charge < -0.3 is 16.4 Å². The number of nitrogens with zero attached hydrogens (tertiary/aromatic N) is 1. The minimum Gasteiger partial charge on any atom is -0.398 e. The molecule has 2 atom stereocenters. The molecule has 1 heterocycles. The third-order valence-electron chi connectivity index (χ3n) is 5.24. The topological polar surface area (TPSA) is 125 Å². The predicted molar refractivity (Wildman–Crippen MR) is 116 cm³/mol. The number of nitrogens with one attached hydrogen (secondary N) is 2. The number of nitrogens with two attached hydrogens (primary N) is 1. The van der Waals surface area contributed by atoms with E-state index in [2.05, 4.69) is 16.7 Å². The molecule has 0 bridgehead atoms. The Labute approximate surface area is 177 Å². The second-order valence-corrected chi connectivity index (χ2v) is 9.60. The molecule has 0 saturated carbocycles. The van der Waals surface area contributed by atoms with Gasteiger partial charge in [-0.15, -0.1) is 0 Å². The molecule has 0 unspecified atom stereocenters. The zero-order chi connectivity index (χ0) is 21.7. The number of amides is 1. The third-order valence-corrected chi connectivity index (χ3v) is 6.41. The Bertz CT molecular complexity index is 1050. The van der Waals surface area contributed by atoms with Gasteiger partial charge in [-0.25, -0.2) is 8.42 Å². The van der Waals surface area contributed by atoms with Crippen LogP contribution in [0.3, 0.4) is 0 Å². The number of hydrogen-bond acceptors (Lipinski definition) is 6. The zero-order valence-electron chi connectivity index (χ0n) is 16.9. The number of sulfone groups is 1. The molecule has 3 rings (SSSR count). The number of benzene rings is 2. The molecule has 0 radical (unpaired) electrons. The Hall–Kier alpha value is -2.89. The maximum atomic E-state index is 12.3. The summed E-state index contributed by atoms with van der Waals surface area (Å²) in [5, 5.41) is 15.5. The van der Waals surface area contributed by atoms with Crippen LogP contribution in [-0.2, 0) is 21.1 Å². The lowest BCUT2D eigenvalue weighted by Crippen LogP contribution is -2.49. The summed E-state index contributed by atoms with van der Waals surface area (Å²) in [5.41, 5.74) is 8.73. The summed E-state index contributed by atoms with van der Waals surface area (Å²) in [6.45, 7) is 0.826. The normalized spacial score (nSPS) is 17.7. The standard InChI is InChI=1S/C22H26N4O3S/c1-30(28,29)21-10-9-17(13-19(21)24)16-7-5-15(6-8-16)12-18(14-23)26-22(27)20-4-2-3-11-25-20/h5-10,13,18,20,25H,2-4,11-12,24H2,1H3,(H,26,27)/t18-,20-/m0/s1. The van der Waals surface area contributed by atoms with E-state index in [-0.39, 0.29) is 22.5 Å². The molecule has 2 aromatic rings. The number of nitriles is 1. The van der Waals surface area contributed by atoms with Crippen molar-refractivity contribution in [2.24, 2.45) is 0 Å². The van der Waals surface area contributed by atoms with Gasteiger partial charge in [0.25, 0.3) is 0 Å². The summed E-state index contributed by atoms with van der Waals surface area (Å²) in [6.07, 6.45) is 4.41. The van der Waals surface area contributed by atoms with Gasteiger partial charge in [0.05, 0.1) is 22.7 Å². The molecule has 8 heteroatoms. The molecular formula is C22H26N4O3S. The number of piperidine rings is 1. The molecule has 1 amide bonds. The van der Waals surface area contributed by atoms with E-state index in [0.717, 1.165) is 48.8 Å². The Morgan fingerprint density at radius 2 is 1.93 bits per heavy atom. The highest BCUT2D eigenvalue weighted by molar-refractivity contribution is 7.90. The molecule has 1 aliphatic rings. The fraction of sp³-hybridized carbons (Fsp3) is 0.364. The van der Waals surface area contributed by atoms with Crippen molar-refractivity contribution in [2.45, 2.75) is 42.7 Å². The molecule has 4 N–H and O–H groups in total. The van der Waals surface area contributed by atoms with E-state index in [9.17, 15) is 18.5 Å². The Morgan fingerprint density at radius 1 is 1.23 bits per heavy atom. The summed E-state index contributed by atoms with van der Waals surface area (Å²) in [5.74, 6) is -0.126. The number of hydrogen-bond donors (Lipinski definition) is 3. The van der Waals surface area contributed by atoms with E-state index in [4.69, 9.17) is 5.73 Å². The van der Waals surface area contributed by atoms with Crippen LogP contribution in [0.4, 0.5) is 5.69 Å². The Kier molecular flexibility index (Phi) is 6.75. The molecule has 2 aromatic carbocycles. The summed E-state index contributed by atoms with van der Waals surface area (Å²) >= 11 is 0. The number of carbonyl (C=O) groups excluding carboxylic acids is 1. The average Bonchev–Trinajstić information content (AvgIpc) is 2.73. The van der Waals surface area contributed by atoms with E-state index in [0.29, 0.717) is 6.42 Å². The van der Waals surface area contributed by atoms with Crippen LogP contribution in [0.1, 0.15) is 24.8 Å². The van der Waals surface area contributed by atoms with Crippen molar-refractivity contribution in [1.82, 2.24) is 10.6 Å². The van der Waals surface area contributed by atoms with E-state index in [1.54, 1.807) is 12.1 Å². The number of anilines is 1. The molecular weight excluding hydrogens is 400 g/mol. The summed E-state index contributed by atoms with van der Waals surface area (Å²) in [4.78, 5) is 12.5. The van der Waals surface area contributed by atoms with Crippen LogP contribution in [0.15, 0.2) is 47.4 Å². The summed E-state index contributed by atoms with van der Waals surface area (Å²) in [6, 6.07) is 13.8. The number of carbonyl (C=O) groups is 1. The van der Waals surface area contributed by atoms with Crippen LogP contribution in [0.25, 0.3) is 11.1 Å². The van der Waals surface area contributed by atoms with Gasteiger partial charge in [-0.2, -0.15) is 5.26 Å². The van der Waals surface area contributed by atoms with Gasteiger partial charge in [0.15, 0.2) is 9.84 Å². The van der Waals surface area contributed by atoms with Gasteiger partial charge in [-0.3, -0.25) is 4.79 Å². The first kappa shape index (κ1) is 21.8. The van der Waals surface area contributed by atoms with Crippen LogP contribution >= 0.6 is 0 Å². The van der Waals surface area contributed by atoms with Crippen LogP contribution in [0.5, 0.6) is 0 Å². The van der Waals surface area contributed by atoms with Crippen LogP contribution < -0.4 is 16.4 Å². The minimum absolute atomic E-state index is 0.114. The zero-order valence-corrected chi connectivity index (χ0v) is 17.7. The van der Waals surface area contributed by atoms with Crippen molar-refractivity contribution in [3.8, 4) is 17.2 Å². The van der Waals surface area contributed by atoms with Crippen molar-refractivity contribution in [1.29, 1.82) is 5.26 Å². The smallest absolute Gasteiger partial charge is 0.238 e. The second kappa shape index (κ2) is 9.28. The number of nitrogen functional groups attached to an aromatic ring is 1. The summed E-state index contributed by atoms with van der Waals surface area (Å²) in [7, 11) is -3.37. The lowest BCUT2D eigenvalue weighted by atomic mass is 10.00. The first-order valence-corrected chi connectivity index (χ1v) is 11.8. The predicted octanol–water partition coefficient (Wildman–Crippen LogP) is 2.03. The number of rotatable bonds is 6. The Morgan fingerprint density at radius 3 is 2.50 bits per heavy atom. The maximum absolute atomic E-state index is 12.3. The van der Waals surface area contributed by atoms with E-state index in [1.165, 1.54) is 6.07 Å². The third kappa shape index (κ3) is 5.38. The molecule has 1 aliphatic heterocycles. The largest absolute Gasteiger partial charge is 0.398 e. The minimum atomic E-state index is -3.37. The molecule has 1 fully saturated rings. The molecule has 0 aliphatic carbocycles. The van der Waals surface area contributed by atoms with Gasteiger partial charge in [0.2, 0.25) is 5.91 Å².